The quantitative estimate of drug-likeness (QED) is 0.595. The van der Waals surface area contributed by atoms with Gasteiger partial charge in [-0.1, -0.05) is 13.8 Å². The van der Waals surface area contributed by atoms with Gasteiger partial charge in [-0.15, -0.1) is 11.8 Å². The maximum atomic E-state index is 8.28. The Bertz CT molecular complexity index is 131. The van der Waals surface area contributed by atoms with E-state index in [0.717, 1.165) is 5.75 Å². The molecule has 0 fully saturated rings. The molecule has 0 amide bonds. The van der Waals surface area contributed by atoms with Crippen molar-refractivity contribution >= 4 is 11.8 Å². The van der Waals surface area contributed by atoms with Crippen molar-refractivity contribution in [3.8, 4) is 6.07 Å². The van der Waals surface area contributed by atoms with Gasteiger partial charge in [-0.25, -0.2) is 0 Å². The first kappa shape index (κ1) is 10.8. The fraction of sp³-hybridized carbons (Fsp3) is 0.875. The Labute approximate surface area is 72.9 Å². The van der Waals surface area contributed by atoms with Gasteiger partial charge in [-0.05, 0) is 5.92 Å². The van der Waals surface area contributed by atoms with Gasteiger partial charge >= 0.3 is 0 Å². The number of hydrogen-bond donors (Lipinski definition) is 0. The van der Waals surface area contributed by atoms with Crippen molar-refractivity contribution in [3.63, 3.8) is 0 Å². The van der Waals surface area contributed by atoms with E-state index in [1.807, 2.05) is 0 Å². The van der Waals surface area contributed by atoms with Gasteiger partial charge < -0.3 is 4.74 Å². The maximum Gasteiger partial charge on any atom is 0.0809 e. The average Bonchev–Trinajstić information content (AvgIpc) is 1.97. The number of nitrogens with zero attached hydrogens (tertiary/aromatic N) is 1. The number of rotatable bonds is 5. The lowest BCUT2D eigenvalue weighted by atomic mass is 10.1. The van der Waals surface area contributed by atoms with E-state index >= 15 is 0 Å². The fourth-order valence-electron chi connectivity index (χ4n) is 0.753. The van der Waals surface area contributed by atoms with Gasteiger partial charge in [-0.3, -0.25) is 0 Å². The van der Waals surface area contributed by atoms with Crippen LogP contribution in [-0.4, -0.2) is 24.7 Å². The van der Waals surface area contributed by atoms with E-state index in [-0.39, 0.29) is 6.10 Å². The molecule has 11 heavy (non-hydrogen) atoms. The lowest BCUT2D eigenvalue weighted by molar-refractivity contribution is 0.0843. The Balaban J connectivity index is 3.46. The van der Waals surface area contributed by atoms with E-state index in [0.29, 0.717) is 11.7 Å². The van der Waals surface area contributed by atoms with E-state index in [1.165, 1.54) is 0 Å². The zero-order valence-electron chi connectivity index (χ0n) is 7.33. The average molecular weight is 173 g/mol. The summed E-state index contributed by atoms with van der Waals surface area (Å²) >= 11 is 1.63. The van der Waals surface area contributed by atoms with E-state index in [4.69, 9.17) is 10.00 Å². The predicted molar refractivity (Wildman–Crippen MR) is 48.6 cm³/mol. The van der Waals surface area contributed by atoms with Crippen LogP contribution in [0.2, 0.25) is 0 Å². The molecule has 0 aliphatic carbocycles. The minimum absolute atomic E-state index is 0.286. The highest BCUT2D eigenvalue weighted by molar-refractivity contribution is 7.99. The Kier molecular flexibility index (Phi) is 6.39. The van der Waals surface area contributed by atoms with Crippen LogP contribution in [0.3, 0.4) is 0 Å². The summed E-state index contributed by atoms with van der Waals surface area (Å²) in [5.41, 5.74) is 0. The summed E-state index contributed by atoms with van der Waals surface area (Å²) in [6.07, 6.45) is 0.286. The Morgan fingerprint density at radius 1 is 1.55 bits per heavy atom. The number of nitriles is 1. The first-order valence-electron chi connectivity index (χ1n) is 3.69. The SMILES string of the molecule is COC(CSCC#N)C(C)C. The number of hydrogen-bond acceptors (Lipinski definition) is 3. The summed E-state index contributed by atoms with van der Waals surface area (Å²) in [4.78, 5) is 0. The standard InChI is InChI=1S/C8H15NOS/c1-7(2)8(10-3)6-11-5-4-9/h7-8H,5-6H2,1-3H3. The second kappa shape index (κ2) is 6.51. The van der Waals surface area contributed by atoms with Crippen molar-refractivity contribution in [2.24, 2.45) is 5.92 Å². The zero-order valence-corrected chi connectivity index (χ0v) is 8.15. The molecule has 0 saturated heterocycles. The molecule has 0 aromatic carbocycles. The van der Waals surface area contributed by atoms with Gasteiger partial charge in [0.05, 0.1) is 17.9 Å². The molecule has 2 nitrogen and oxygen atoms in total. The molecule has 3 heteroatoms. The minimum Gasteiger partial charge on any atom is -0.380 e. The second-order valence-electron chi connectivity index (χ2n) is 2.69. The smallest absolute Gasteiger partial charge is 0.0809 e. The largest absolute Gasteiger partial charge is 0.380 e. The van der Waals surface area contributed by atoms with Crippen LogP contribution in [0.1, 0.15) is 13.8 Å². The predicted octanol–water partition coefficient (Wildman–Crippen LogP) is 1.91. The highest BCUT2D eigenvalue weighted by atomic mass is 32.2. The van der Waals surface area contributed by atoms with Gasteiger partial charge in [0.25, 0.3) is 0 Å². The fourth-order valence-corrected chi connectivity index (χ4v) is 1.72. The third-order valence-corrected chi connectivity index (χ3v) is 2.39. The van der Waals surface area contributed by atoms with Crippen molar-refractivity contribution in [2.75, 3.05) is 18.6 Å². The summed E-state index contributed by atoms with van der Waals surface area (Å²) in [5.74, 6) is 2.01. The first-order chi connectivity index (χ1) is 5.22. The maximum absolute atomic E-state index is 8.28. The highest BCUT2D eigenvalue weighted by Gasteiger charge is 2.10. The summed E-state index contributed by atoms with van der Waals surface area (Å²) in [6, 6.07) is 2.09. The molecule has 0 radical (unpaired) electrons. The van der Waals surface area contributed by atoms with Crippen LogP contribution in [0.15, 0.2) is 0 Å². The van der Waals surface area contributed by atoms with Crippen LogP contribution in [0, 0.1) is 17.2 Å². The number of methoxy groups -OCH3 is 1. The van der Waals surface area contributed by atoms with Crippen LogP contribution in [0.4, 0.5) is 0 Å². The van der Waals surface area contributed by atoms with Crippen LogP contribution in [-0.2, 0) is 4.74 Å². The molecule has 0 spiro atoms. The van der Waals surface area contributed by atoms with Gasteiger partial charge in [0.2, 0.25) is 0 Å². The molecule has 0 heterocycles. The molecular formula is C8H15NOS. The Morgan fingerprint density at radius 2 is 2.18 bits per heavy atom. The molecular weight excluding hydrogens is 158 g/mol. The van der Waals surface area contributed by atoms with Crippen LogP contribution in [0.25, 0.3) is 0 Å². The molecule has 64 valence electrons. The Morgan fingerprint density at radius 3 is 2.55 bits per heavy atom. The van der Waals surface area contributed by atoms with Crippen molar-refractivity contribution in [3.05, 3.63) is 0 Å². The van der Waals surface area contributed by atoms with E-state index < -0.39 is 0 Å². The zero-order chi connectivity index (χ0) is 8.69. The van der Waals surface area contributed by atoms with E-state index in [1.54, 1.807) is 18.9 Å². The summed E-state index contributed by atoms with van der Waals surface area (Å²) in [6.45, 7) is 4.25. The van der Waals surface area contributed by atoms with E-state index in [2.05, 4.69) is 19.9 Å². The van der Waals surface area contributed by atoms with Crippen molar-refractivity contribution in [2.45, 2.75) is 20.0 Å². The van der Waals surface area contributed by atoms with Crippen LogP contribution >= 0.6 is 11.8 Å². The van der Waals surface area contributed by atoms with E-state index in [9.17, 15) is 0 Å². The Hall–Kier alpha value is -0.200. The molecule has 1 atom stereocenters. The second-order valence-corrected chi connectivity index (χ2v) is 3.72. The van der Waals surface area contributed by atoms with Gasteiger partial charge in [0, 0.05) is 12.9 Å². The van der Waals surface area contributed by atoms with Crippen molar-refractivity contribution in [1.29, 1.82) is 5.26 Å². The molecule has 0 N–H and O–H groups in total. The summed E-state index contributed by atoms with van der Waals surface area (Å²) in [5, 5.41) is 8.28. The molecule has 0 aromatic rings. The van der Waals surface area contributed by atoms with Gasteiger partial charge in [-0.2, -0.15) is 5.26 Å². The van der Waals surface area contributed by atoms with Gasteiger partial charge in [0.15, 0.2) is 0 Å². The normalized spacial score (nSPS) is 13.0. The molecule has 0 aliphatic heterocycles. The van der Waals surface area contributed by atoms with Crippen LogP contribution < -0.4 is 0 Å². The molecule has 0 aliphatic rings. The number of ether oxygens (including phenoxy) is 1. The molecule has 0 saturated carbocycles. The molecule has 1 unspecified atom stereocenters. The van der Waals surface area contributed by atoms with Crippen LogP contribution in [0.5, 0.6) is 0 Å². The third-order valence-electron chi connectivity index (χ3n) is 1.50. The third kappa shape index (κ3) is 5.11. The monoisotopic (exact) mass is 173 g/mol. The van der Waals surface area contributed by atoms with Gasteiger partial charge in [0.1, 0.15) is 0 Å². The summed E-state index contributed by atoms with van der Waals surface area (Å²) in [7, 11) is 1.72. The molecule has 0 rings (SSSR count). The lowest BCUT2D eigenvalue weighted by Crippen LogP contribution is -2.20. The lowest BCUT2D eigenvalue weighted by Gasteiger charge is -2.17. The first-order valence-corrected chi connectivity index (χ1v) is 4.85. The summed E-state index contributed by atoms with van der Waals surface area (Å²) < 4.78 is 5.23. The number of thioether (sulfide) groups is 1. The van der Waals surface area contributed by atoms with Crippen molar-refractivity contribution in [1.82, 2.24) is 0 Å². The molecule has 0 aromatic heterocycles. The van der Waals surface area contributed by atoms with Crippen molar-refractivity contribution < 1.29 is 4.74 Å². The minimum atomic E-state index is 0.286. The molecule has 0 bridgehead atoms. The topological polar surface area (TPSA) is 33.0 Å². The highest BCUT2D eigenvalue weighted by Crippen LogP contribution is 2.12.